The fraction of sp³-hybridized carbons (Fsp3) is 0.105. The molecule has 0 atom stereocenters. The number of aryl methyl sites for hydroxylation is 1. The smallest absolute Gasteiger partial charge is 0.338 e. The van der Waals surface area contributed by atoms with Crippen LogP contribution in [0.2, 0.25) is 0 Å². The molecule has 0 saturated heterocycles. The minimum Gasteiger partial charge on any atom is -0.465 e. The summed E-state index contributed by atoms with van der Waals surface area (Å²) in [6.07, 6.45) is 3.93. The van der Waals surface area contributed by atoms with Crippen molar-refractivity contribution in [1.82, 2.24) is 0 Å². The van der Waals surface area contributed by atoms with Crippen molar-refractivity contribution in [3.63, 3.8) is 0 Å². The maximum absolute atomic E-state index is 12.0. The van der Waals surface area contributed by atoms with Gasteiger partial charge in [-0.3, -0.25) is 0 Å². The fourth-order valence-corrected chi connectivity index (χ4v) is 2.51. The lowest BCUT2D eigenvalue weighted by Crippen LogP contribution is -2.03. The second-order valence-corrected chi connectivity index (χ2v) is 5.11. The monoisotopic (exact) mass is 276 g/mol. The predicted octanol–water partition coefficient (Wildman–Crippen LogP) is 4.11. The molecule has 0 amide bonds. The van der Waals surface area contributed by atoms with Crippen LogP contribution in [0.1, 0.15) is 22.3 Å². The summed E-state index contributed by atoms with van der Waals surface area (Å²) in [5.41, 5.74) is 5.94. The number of methoxy groups -OCH3 is 1. The molecule has 1 aliphatic rings. The van der Waals surface area contributed by atoms with E-state index in [0.29, 0.717) is 5.57 Å². The molecule has 2 aromatic rings. The normalized spacial score (nSPS) is 14.8. The SMILES string of the molecule is COC(=O)C1=Cc2ccccc2/C1=C\c1ccc(C)cc1. The number of ether oxygens (including phenoxy) is 1. The molecule has 0 N–H and O–H groups in total. The van der Waals surface area contributed by atoms with E-state index >= 15 is 0 Å². The largest absolute Gasteiger partial charge is 0.465 e. The second-order valence-electron chi connectivity index (χ2n) is 5.11. The summed E-state index contributed by atoms with van der Waals surface area (Å²) in [7, 11) is 1.41. The van der Waals surface area contributed by atoms with E-state index in [1.165, 1.54) is 12.7 Å². The first-order valence-corrected chi connectivity index (χ1v) is 6.87. The zero-order valence-corrected chi connectivity index (χ0v) is 12.1. The molecule has 0 fully saturated rings. The summed E-state index contributed by atoms with van der Waals surface area (Å²) in [6, 6.07) is 16.2. The highest BCUT2D eigenvalue weighted by Crippen LogP contribution is 2.37. The highest BCUT2D eigenvalue weighted by molar-refractivity contribution is 6.18. The van der Waals surface area contributed by atoms with Crippen molar-refractivity contribution in [2.24, 2.45) is 0 Å². The van der Waals surface area contributed by atoms with Crippen LogP contribution < -0.4 is 0 Å². The van der Waals surface area contributed by atoms with Gasteiger partial charge in [-0.15, -0.1) is 0 Å². The molecule has 0 aliphatic heterocycles. The average Bonchev–Trinajstić information content (AvgIpc) is 2.88. The predicted molar refractivity (Wildman–Crippen MR) is 85.5 cm³/mol. The van der Waals surface area contributed by atoms with Crippen LogP contribution >= 0.6 is 0 Å². The van der Waals surface area contributed by atoms with Crippen LogP contribution in [0.4, 0.5) is 0 Å². The van der Waals surface area contributed by atoms with E-state index in [2.05, 4.69) is 31.2 Å². The molecule has 21 heavy (non-hydrogen) atoms. The van der Waals surface area contributed by atoms with Gasteiger partial charge in [-0.05, 0) is 41.3 Å². The van der Waals surface area contributed by atoms with Crippen molar-refractivity contribution in [3.05, 3.63) is 76.4 Å². The summed E-state index contributed by atoms with van der Waals surface area (Å²) in [5, 5.41) is 0. The Hall–Kier alpha value is -2.61. The Morgan fingerprint density at radius 1 is 1.05 bits per heavy atom. The van der Waals surface area contributed by atoms with Crippen LogP contribution in [0.5, 0.6) is 0 Å². The lowest BCUT2D eigenvalue weighted by atomic mass is 9.99. The molecule has 2 heteroatoms. The fourth-order valence-electron chi connectivity index (χ4n) is 2.51. The zero-order chi connectivity index (χ0) is 14.8. The summed E-state index contributed by atoms with van der Waals surface area (Å²) in [5.74, 6) is -0.301. The van der Waals surface area contributed by atoms with Gasteiger partial charge in [0.1, 0.15) is 0 Å². The van der Waals surface area contributed by atoms with Crippen LogP contribution in [0.25, 0.3) is 17.7 Å². The lowest BCUT2D eigenvalue weighted by molar-refractivity contribution is -0.135. The highest BCUT2D eigenvalue weighted by Gasteiger charge is 2.24. The van der Waals surface area contributed by atoms with Gasteiger partial charge < -0.3 is 4.74 Å². The molecule has 0 saturated carbocycles. The summed E-state index contributed by atoms with van der Waals surface area (Å²) in [6.45, 7) is 2.06. The topological polar surface area (TPSA) is 26.3 Å². The summed E-state index contributed by atoms with van der Waals surface area (Å²) < 4.78 is 4.90. The van der Waals surface area contributed by atoms with E-state index in [1.54, 1.807) is 0 Å². The summed E-state index contributed by atoms with van der Waals surface area (Å²) >= 11 is 0. The third-order valence-corrected chi connectivity index (χ3v) is 3.63. The Labute approximate surface area is 124 Å². The van der Waals surface area contributed by atoms with E-state index in [-0.39, 0.29) is 5.97 Å². The van der Waals surface area contributed by atoms with E-state index in [1.807, 2.05) is 36.4 Å². The molecule has 2 nitrogen and oxygen atoms in total. The number of carbonyl (C=O) groups excluding carboxylic acids is 1. The molecular weight excluding hydrogens is 260 g/mol. The first-order chi connectivity index (χ1) is 10.2. The second kappa shape index (κ2) is 5.41. The number of benzene rings is 2. The third-order valence-electron chi connectivity index (χ3n) is 3.63. The van der Waals surface area contributed by atoms with Gasteiger partial charge in [-0.25, -0.2) is 4.79 Å². The number of hydrogen-bond acceptors (Lipinski definition) is 2. The van der Waals surface area contributed by atoms with Gasteiger partial charge in [-0.1, -0.05) is 54.1 Å². The first-order valence-electron chi connectivity index (χ1n) is 6.87. The van der Waals surface area contributed by atoms with Crippen LogP contribution in [0.3, 0.4) is 0 Å². The van der Waals surface area contributed by atoms with Gasteiger partial charge in [0.15, 0.2) is 0 Å². The Bertz CT molecular complexity index is 749. The molecule has 0 radical (unpaired) electrons. The Morgan fingerprint density at radius 2 is 1.76 bits per heavy atom. The molecule has 0 heterocycles. The quantitative estimate of drug-likeness (QED) is 0.772. The number of hydrogen-bond donors (Lipinski definition) is 0. The molecule has 2 aromatic carbocycles. The number of fused-ring (bicyclic) bond motifs is 1. The lowest BCUT2D eigenvalue weighted by Gasteiger charge is -2.06. The van der Waals surface area contributed by atoms with Crippen LogP contribution in [0, 0.1) is 6.92 Å². The van der Waals surface area contributed by atoms with E-state index in [0.717, 1.165) is 22.3 Å². The zero-order valence-electron chi connectivity index (χ0n) is 12.1. The van der Waals surface area contributed by atoms with E-state index in [9.17, 15) is 4.79 Å². The first kappa shape index (κ1) is 13.4. The van der Waals surface area contributed by atoms with E-state index < -0.39 is 0 Å². The third kappa shape index (κ3) is 2.52. The maximum atomic E-state index is 12.0. The Morgan fingerprint density at radius 3 is 2.48 bits per heavy atom. The molecule has 0 unspecified atom stereocenters. The van der Waals surface area contributed by atoms with Gasteiger partial charge in [-0.2, -0.15) is 0 Å². The molecule has 0 spiro atoms. The average molecular weight is 276 g/mol. The Balaban J connectivity index is 2.11. The maximum Gasteiger partial charge on any atom is 0.338 e. The standard InChI is InChI=1S/C19H16O2/c1-13-7-9-14(10-8-13)11-17-16-6-4-3-5-15(16)12-18(17)19(20)21-2/h3-12H,1-2H3/b17-11+. The van der Waals surface area contributed by atoms with Crippen molar-refractivity contribution in [3.8, 4) is 0 Å². The van der Waals surface area contributed by atoms with Gasteiger partial charge in [0.2, 0.25) is 0 Å². The van der Waals surface area contributed by atoms with Crippen LogP contribution in [-0.2, 0) is 9.53 Å². The van der Waals surface area contributed by atoms with Crippen molar-refractivity contribution in [2.45, 2.75) is 6.92 Å². The van der Waals surface area contributed by atoms with Crippen molar-refractivity contribution in [1.29, 1.82) is 0 Å². The van der Waals surface area contributed by atoms with Crippen molar-refractivity contribution >= 4 is 23.7 Å². The molecule has 3 rings (SSSR count). The van der Waals surface area contributed by atoms with Crippen molar-refractivity contribution < 1.29 is 9.53 Å². The van der Waals surface area contributed by atoms with Gasteiger partial charge in [0.05, 0.1) is 12.7 Å². The van der Waals surface area contributed by atoms with Crippen LogP contribution in [0.15, 0.2) is 54.1 Å². The minimum absolute atomic E-state index is 0.301. The Kier molecular flexibility index (Phi) is 3.44. The number of carbonyl (C=O) groups is 1. The highest BCUT2D eigenvalue weighted by atomic mass is 16.5. The molecule has 0 bridgehead atoms. The molecular formula is C19H16O2. The van der Waals surface area contributed by atoms with Crippen LogP contribution in [-0.4, -0.2) is 13.1 Å². The molecule has 104 valence electrons. The number of rotatable bonds is 2. The number of esters is 1. The minimum atomic E-state index is -0.301. The molecule has 0 aromatic heterocycles. The molecule has 1 aliphatic carbocycles. The van der Waals surface area contributed by atoms with E-state index in [4.69, 9.17) is 4.74 Å². The van der Waals surface area contributed by atoms with Crippen molar-refractivity contribution in [2.75, 3.05) is 7.11 Å². The van der Waals surface area contributed by atoms with Gasteiger partial charge in [0, 0.05) is 0 Å². The van der Waals surface area contributed by atoms with Gasteiger partial charge >= 0.3 is 5.97 Å². The summed E-state index contributed by atoms with van der Waals surface area (Å²) in [4.78, 5) is 12.0. The van der Waals surface area contributed by atoms with Gasteiger partial charge in [0.25, 0.3) is 0 Å².